The molecule has 0 aliphatic carbocycles. The minimum absolute atomic E-state index is 0.0335. The van der Waals surface area contributed by atoms with Gasteiger partial charge in [0.05, 0.1) is 22.7 Å². The summed E-state index contributed by atoms with van der Waals surface area (Å²) in [5.41, 5.74) is 1.79. The molecule has 0 aromatic heterocycles. The van der Waals surface area contributed by atoms with Gasteiger partial charge in [-0.2, -0.15) is 4.72 Å². The SMILES string of the molecule is COc1ccc(S(=O)(=O)N[C@@H](Cc2ccccc2)C(=O)Nc2ccc(Cl)cc2Cl)cc1C. The quantitative estimate of drug-likeness (QED) is 0.471. The summed E-state index contributed by atoms with van der Waals surface area (Å²) in [6, 6.07) is 17.2. The number of rotatable bonds is 8. The molecule has 0 radical (unpaired) electrons. The monoisotopic (exact) mass is 492 g/mol. The van der Waals surface area contributed by atoms with Gasteiger partial charge in [0.15, 0.2) is 0 Å². The highest BCUT2D eigenvalue weighted by molar-refractivity contribution is 7.89. The highest BCUT2D eigenvalue weighted by Crippen LogP contribution is 2.26. The van der Waals surface area contributed by atoms with E-state index >= 15 is 0 Å². The van der Waals surface area contributed by atoms with Gasteiger partial charge in [0.1, 0.15) is 11.8 Å². The number of ether oxygens (including phenoxy) is 1. The lowest BCUT2D eigenvalue weighted by Crippen LogP contribution is -2.45. The molecule has 0 aliphatic rings. The van der Waals surface area contributed by atoms with Crippen LogP contribution in [0.25, 0.3) is 0 Å². The van der Waals surface area contributed by atoms with Crippen LogP contribution in [0, 0.1) is 6.92 Å². The first-order valence-corrected chi connectivity index (χ1v) is 11.9. The molecule has 0 saturated carbocycles. The lowest BCUT2D eigenvalue weighted by Gasteiger charge is -2.20. The Hall–Kier alpha value is -2.58. The summed E-state index contributed by atoms with van der Waals surface area (Å²) in [5.74, 6) is 0.0202. The van der Waals surface area contributed by atoms with Gasteiger partial charge in [0.2, 0.25) is 15.9 Å². The zero-order valence-electron chi connectivity index (χ0n) is 17.4. The van der Waals surface area contributed by atoms with E-state index in [1.165, 1.54) is 25.3 Å². The predicted molar refractivity (Wildman–Crippen MR) is 127 cm³/mol. The van der Waals surface area contributed by atoms with E-state index in [0.717, 1.165) is 5.56 Å². The first-order chi connectivity index (χ1) is 15.2. The smallest absolute Gasteiger partial charge is 0.242 e. The number of methoxy groups -OCH3 is 1. The van der Waals surface area contributed by atoms with E-state index in [1.807, 2.05) is 30.3 Å². The van der Waals surface area contributed by atoms with Crippen molar-refractivity contribution in [1.29, 1.82) is 0 Å². The van der Waals surface area contributed by atoms with E-state index in [-0.39, 0.29) is 16.3 Å². The molecule has 1 amide bonds. The van der Waals surface area contributed by atoms with Crippen LogP contribution in [0.1, 0.15) is 11.1 Å². The van der Waals surface area contributed by atoms with Crippen LogP contribution >= 0.6 is 23.2 Å². The van der Waals surface area contributed by atoms with Gasteiger partial charge in [-0.05, 0) is 60.9 Å². The molecule has 0 spiro atoms. The molecule has 3 aromatic rings. The Labute approximate surface area is 197 Å². The van der Waals surface area contributed by atoms with Gasteiger partial charge in [-0.25, -0.2) is 8.42 Å². The zero-order chi connectivity index (χ0) is 23.3. The minimum Gasteiger partial charge on any atom is -0.496 e. The topological polar surface area (TPSA) is 84.5 Å². The maximum absolute atomic E-state index is 13.1. The molecule has 6 nitrogen and oxygen atoms in total. The van der Waals surface area contributed by atoms with Crippen molar-refractivity contribution in [2.75, 3.05) is 12.4 Å². The fourth-order valence-corrected chi connectivity index (χ4v) is 4.86. The number of carbonyl (C=O) groups excluding carboxylic acids is 1. The number of carbonyl (C=O) groups is 1. The van der Waals surface area contributed by atoms with Crippen molar-refractivity contribution in [3.8, 4) is 5.75 Å². The van der Waals surface area contributed by atoms with Gasteiger partial charge in [-0.15, -0.1) is 0 Å². The number of anilines is 1. The summed E-state index contributed by atoms with van der Waals surface area (Å²) in [6.07, 6.45) is 0.145. The number of amides is 1. The summed E-state index contributed by atoms with van der Waals surface area (Å²) in [7, 11) is -2.49. The summed E-state index contributed by atoms with van der Waals surface area (Å²) in [6.45, 7) is 1.74. The summed E-state index contributed by atoms with van der Waals surface area (Å²) < 4.78 is 33.9. The van der Waals surface area contributed by atoms with E-state index in [1.54, 1.807) is 25.1 Å². The Balaban J connectivity index is 1.89. The van der Waals surface area contributed by atoms with Crippen molar-refractivity contribution < 1.29 is 17.9 Å². The number of halogens is 2. The van der Waals surface area contributed by atoms with Crippen LogP contribution in [0.3, 0.4) is 0 Å². The molecule has 168 valence electrons. The first-order valence-electron chi connectivity index (χ1n) is 9.66. The number of hydrogen-bond acceptors (Lipinski definition) is 4. The number of aryl methyl sites for hydroxylation is 1. The van der Waals surface area contributed by atoms with Gasteiger partial charge in [-0.1, -0.05) is 53.5 Å². The van der Waals surface area contributed by atoms with Crippen LogP contribution in [0.5, 0.6) is 5.75 Å². The molecular formula is C23H22Cl2N2O4S. The van der Waals surface area contributed by atoms with E-state index in [9.17, 15) is 13.2 Å². The largest absolute Gasteiger partial charge is 0.496 e. The van der Waals surface area contributed by atoms with Crippen LogP contribution in [0.15, 0.2) is 71.6 Å². The van der Waals surface area contributed by atoms with Crippen molar-refractivity contribution in [3.05, 3.63) is 87.9 Å². The maximum Gasteiger partial charge on any atom is 0.242 e. The molecule has 3 aromatic carbocycles. The predicted octanol–water partition coefficient (Wildman–Crippen LogP) is 4.84. The van der Waals surface area contributed by atoms with E-state index in [0.29, 0.717) is 22.0 Å². The number of sulfonamides is 1. The Morgan fingerprint density at radius 2 is 1.75 bits per heavy atom. The molecule has 0 unspecified atom stereocenters. The molecule has 1 atom stereocenters. The second-order valence-electron chi connectivity index (χ2n) is 7.11. The van der Waals surface area contributed by atoms with E-state index in [2.05, 4.69) is 10.0 Å². The number of benzene rings is 3. The Bertz CT molecular complexity index is 1220. The molecule has 0 bridgehead atoms. The second kappa shape index (κ2) is 10.4. The van der Waals surface area contributed by atoms with Crippen LogP contribution in [0.4, 0.5) is 5.69 Å². The molecule has 0 heterocycles. The average Bonchev–Trinajstić information content (AvgIpc) is 2.75. The summed E-state index contributed by atoms with van der Waals surface area (Å²) in [4.78, 5) is 13.1. The maximum atomic E-state index is 13.1. The number of nitrogens with one attached hydrogen (secondary N) is 2. The van der Waals surface area contributed by atoms with Crippen molar-refractivity contribution in [3.63, 3.8) is 0 Å². The van der Waals surface area contributed by atoms with Gasteiger partial charge in [-0.3, -0.25) is 4.79 Å². The Kier molecular flexibility index (Phi) is 7.79. The highest BCUT2D eigenvalue weighted by Gasteiger charge is 2.27. The first kappa shape index (κ1) is 24.1. The molecule has 3 rings (SSSR count). The third-order valence-electron chi connectivity index (χ3n) is 4.76. The van der Waals surface area contributed by atoms with Crippen LogP contribution in [-0.2, 0) is 21.2 Å². The van der Waals surface area contributed by atoms with Crippen LogP contribution in [0.2, 0.25) is 10.0 Å². The van der Waals surface area contributed by atoms with Gasteiger partial charge >= 0.3 is 0 Å². The molecule has 2 N–H and O–H groups in total. The van der Waals surface area contributed by atoms with Crippen molar-refractivity contribution >= 4 is 44.8 Å². The van der Waals surface area contributed by atoms with Gasteiger partial charge in [0, 0.05) is 5.02 Å². The second-order valence-corrected chi connectivity index (χ2v) is 9.67. The molecular weight excluding hydrogens is 471 g/mol. The normalized spacial score (nSPS) is 12.2. The molecule has 9 heteroatoms. The molecule has 0 aliphatic heterocycles. The standard InChI is InChI=1S/C23H22Cl2N2O4S/c1-15-12-18(9-11-22(15)31-2)32(29,30)27-21(13-16-6-4-3-5-7-16)23(28)26-20-10-8-17(24)14-19(20)25/h3-12,14,21,27H,13H2,1-2H3,(H,26,28)/t21-/m0/s1. The fourth-order valence-electron chi connectivity index (χ4n) is 3.12. The average molecular weight is 493 g/mol. The van der Waals surface area contributed by atoms with E-state index < -0.39 is 22.0 Å². The lowest BCUT2D eigenvalue weighted by atomic mass is 10.1. The third-order valence-corrected chi connectivity index (χ3v) is 6.78. The molecule has 0 fully saturated rings. The van der Waals surface area contributed by atoms with E-state index in [4.69, 9.17) is 27.9 Å². The summed E-state index contributed by atoms with van der Waals surface area (Å²) >= 11 is 12.1. The summed E-state index contributed by atoms with van der Waals surface area (Å²) in [5, 5.41) is 3.35. The number of hydrogen-bond donors (Lipinski definition) is 2. The Morgan fingerprint density at radius 1 is 1.03 bits per heavy atom. The van der Waals surface area contributed by atoms with Crippen LogP contribution in [-0.4, -0.2) is 27.5 Å². The minimum atomic E-state index is -4.00. The fraction of sp³-hybridized carbons (Fsp3) is 0.174. The van der Waals surface area contributed by atoms with Crippen molar-refractivity contribution in [2.45, 2.75) is 24.3 Å². The molecule has 0 saturated heterocycles. The van der Waals surface area contributed by atoms with Crippen LogP contribution < -0.4 is 14.8 Å². The van der Waals surface area contributed by atoms with Gasteiger partial charge in [0.25, 0.3) is 0 Å². The van der Waals surface area contributed by atoms with Gasteiger partial charge < -0.3 is 10.1 Å². The third kappa shape index (κ3) is 6.01. The molecule has 32 heavy (non-hydrogen) atoms. The van der Waals surface area contributed by atoms with Crippen molar-refractivity contribution in [2.24, 2.45) is 0 Å². The zero-order valence-corrected chi connectivity index (χ0v) is 19.8. The van der Waals surface area contributed by atoms with Crippen molar-refractivity contribution in [1.82, 2.24) is 4.72 Å². The Morgan fingerprint density at radius 3 is 2.38 bits per heavy atom. The lowest BCUT2D eigenvalue weighted by molar-refractivity contribution is -0.117. The highest BCUT2D eigenvalue weighted by atomic mass is 35.5.